The first kappa shape index (κ1) is 15.4. The first-order chi connectivity index (χ1) is 11.6. The summed E-state index contributed by atoms with van der Waals surface area (Å²) in [6.45, 7) is 0. The van der Waals surface area contributed by atoms with Crippen molar-refractivity contribution in [2.45, 2.75) is 0 Å². The molecule has 0 aromatic heterocycles. The number of carbonyl (C=O) groups excluding carboxylic acids is 1. The zero-order valence-electron chi connectivity index (χ0n) is 12.5. The molecule has 0 radical (unpaired) electrons. The molecule has 0 unspecified atom stereocenters. The minimum Gasteiger partial charge on any atom is -0.507 e. The third-order valence-electron chi connectivity index (χ3n) is 3.76. The molecular weight excluding hydrogens is 306 g/mol. The maximum atomic E-state index is 11.0. The molecular formula is C19H13NO4. The van der Waals surface area contributed by atoms with Gasteiger partial charge in [0.25, 0.3) is 5.69 Å². The summed E-state index contributed by atoms with van der Waals surface area (Å²) in [6.07, 6.45) is 0.407. The van der Waals surface area contributed by atoms with E-state index < -0.39 is 4.92 Å². The Bertz CT molecular complexity index is 903. The zero-order chi connectivity index (χ0) is 17.1. The molecule has 0 aliphatic heterocycles. The second kappa shape index (κ2) is 6.34. The number of aldehydes is 1. The van der Waals surface area contributed by atoms with Crippen molar-refractivity contribution in [3.05, 3.63) is 82.4 Å². The van der Waals surface area contributed by atoms with Crippen LogP contribution in [0.5, 0.6) is 5.75 Å². The number of non-ortho nitro benzene ring substituents is 1. The normalized spacial score (nSPS) is 10.3. The van der Waals surface area contributed by atoms with Gasteiger partial charge in [0.2, 0.25) is 0 Å². The lowest BCUT2D eigenvalue weighted by atomic mass is 9.98. The Morgan fingerprint density at radius 3 is 2.04 bits per heavy atom. The van der Waals surface area contributed by atoms with Crippen LogP contribution in [0.15, 0.2) is 66.7 Å². The molecule has 0 saturated heterocycles. The highest BCUT2D eigenvalue weighted by Crippen LogP contribution is 2.36. The van der Waals surface area contributed by atoms with Crippen molar-refractivity contribution in [2.24, 2.45) is 0 Å². The highest BCUT2D eigenvalue weighted by molar-refractivity contribution is 5.88. The van der Waals surface area contributed by atoms with E-state index in [0.29, 0.717) is 11.8 Å². The fraction of sp³-hybridized carbons (Fsp3) is 0. The number of phenolic OH excluding ortho intramolecular Hbond substituents is 1. The van der Waals surface area contributed by atoms with Crippen molar-refractivity contribution in [1.29, 1.82) is 0 Å². The van der Waals surface area contributed by atoms with Gasteiger partial charge in [-0.2, -0.15) is 0 Å². The molecule has 0 spiro atoms. The summed E-state index contributed by atoms with van der Waals surface area (Å²) in [5.41, 5.74) is 2.54. The number of carbonyl (C=O) groups is 1. The molecule has 0 fully saturated rings. The van der Waals surface area contributed by atoms with E-state index in [0.717, 1.165) is 17.2 Å². The van der Waals surface area contributed by atoms with Gasteiger partial charge >= 0.3 is 0 Å². The third-order valence-corrected chi connectivity index (χ3v) is 3.76. The number of nitrogens with zero attached hydrogens (tertiary/aromatic N) is 1. The van der Waals surface area contributed by atoms with Crippen LogP contribution in [-0.4, -0.2) is 16.3 Å². The Hall–Kier alpha value is -3.47. The summed E-state index contributed by atoms with van der Waals surface area (Å²) in [6, 6.07) is 19.3. The minimum absolute atomic E-state index is 0.105. The smallest absolute Gasteiger partial charge is 0.271 e. The van der Waals surface area contributed by atoms with E-state index in [2.05, 4.69) is 0 Å². The van der Waals surface area contributed by atoms with Crippen LogP contribution in [-0.2, 0) is 0 Å². The van der Waals surface area contributed by atoms with E-state index >= 15 is 0 Å². The molecule has 24 heavy (non-hydrogen) atoms. The monoisotopic (exact) mass is 319 g/mol. The van der Waals surface area contributed by atoms with Crippen molar-refractivity contribution in [3.63, 3.8) is 0 Å². The van der Waals surface area contributed by atoms with Gasteiger partial charge < -0.3 is 5.11 Å². The lowest BCUT2D eigenvalue weighted by Crippen LogP contribution is -1.93. The zero-order valence-corrected chi connectivity index (χ0v) is 12.5. The van der Waals surface area contributed by atoms with Gasteiger partial charge in [-0.15, -0.1) is 0 Å². The van der Waals surface area contributed by atoms with Gasteiger partial charge in [-0.1, -0.05) is 54.6 Å². The fourth-order valence-corrected chi connectivity index (χ4v) is 2.53. The number of nitro benzene ring substituents is 1. The van der Waals surface area contributed by atoms with E-state index in [1.807, 2.05) is 42.5 Å². The Kier molecular flexibility index (Phi) is 4.07. The lowest BCUT2D eigenvalue weighted by molar-refractivity contribution is -0.384. The van der Waals surface area contributed by atoms with Crippen molar-refractivity contribution in [2.75, 3.05) is 0 Å². The van der Waals surface area contributed by atoms with Crippen LogP contribution in [0.4, 0.5) is 5.69 Å². The second-order valence-electron chi connectivity index (χ2n) is 5.25. The van der Waals surface area contributed by atoms with Crippen LogP contribution in [0, 0.1) is 10.1 Å². The van der Waals surface area contributed by atoms with Gasteiger partial charge in [0.05, 0.1) is 10.5 Å². The summed E-state index contributed by atoms with van der Waals surface area (Å²) in [4.78, 5) is 21.5. The maximum absolute atomic E-state index is 11.0. The standard InChI is InChI=1S/C19H13NO4/c21-12-16-10-17(20(23)24)11-18(19(16)22)15-8-6-14(7-9-15)13-4-2-1-3-5-13/h1-12,22H. The maximum Gasteiger partial charge on any atom is 0.271 e. The number of benzene rings is 3. The first-order valence-electron chi connectivity index (χ1n) is 7.22. The number of nitro groups is 1. The van der Waals surface area contributed by atoms with Gasteiger partial charge in [0.1, 0.15) is 5.75 Å². The molecule has 0 aliphatic carbocycles. The number of aromatic hydroxyl groups is 1. The molecule has 0 aliphatic rings. The summed E-state index contributed by atoms with van der Waals surface area (Å²) >= 11 is 0. The SMILES string of the molecule is O=Cc1cc([N+](=O)[O-])cc(-c2ccc(-c3ccccc3)cc2)c1O. The third kappa shape index (κ3) is 2.87. The molecule has 0 amide bonds. The van der Waals surface area contributed by atoms with Crippen LogP contribution in [0.1, 0.15) is 10.4 Å². The number of phenols is 1. The topological polar surface area (TPSA) is 80.4 Å². The molecule has 5 nitrogen and oxygen atoms in total. The molecule has 3 aromatic rings. The molecule has 0 heterocycles. The Labute approximate surface area is 138 Å². The fourth-order valence-electron chi connectivity index (χ4n) is 2.53. The largest absolute Gasteiger partial charge is 0.507 e. The summed E-state index contributed by atoms with van der Waals surface area (Å²) in [7, 11) is 0. The highest BCUT2D eigenvalue weighted by atomic mass is 16.6. The minimum atomic E-state index is -0.589. The summed E-state index contributed by atoms with van der Waals surface area (Å²) < 4.78 is 0. The number of hydrogen-bond donors (Lipinski definition) is 1. The molecule has 3 aromatic carbocycles. The van der Waals surface area contributed by atoms with Gasteiger partial charge in [-0.05, 0) is 16.7 Å². The molecule has 0 atom stereocenters. The van der Waals surface area contributed by atoms with E-state index in [1.165, 1.54) is 6.07 Å². The van der Waals surface area contributed by atoms with Crippen molar-refractivity contribution in [1.82, 2.24) is 0 Å². The molecule has 1 N–H and O–H groups in total. The number of rotatable bonds is 4. The van der Waals surface area contributed by atoms with E-state index in [9.17, 15) is 20.0 Å². The molecule has 3 rings (SSSR count). The molecule has 0 saturated carbocycles. The van der Waals surface area contributed by atoms with Crippen LogP contribution in [0.2, 0.25) is 0 Å². The summed E-state index contributed by atoms with van der Waals surface area (Å²) in [5, 5.41) is 21.2. The Morgan fingerprint density at radius 2 is 1.46 bits per heavy atom. The predicted octanol–water partition coefficient (Wildman–Crippen LogP) is 4.45. The van der Waals surface area contributed by atoms with Crippen LogP contribution >= 0.6 is 0 Å². The molecule has 118 valence electrons. The first-order valence-corrected chi connectivity index (χ1v) is 7.22. The second-order valence-corrected chi connectivity index (χ2v) is 5.25. The average Bonchev–Trinajstić information content (AvgIpc) is 2.62. The highest BCUT2D eigenvalue weighted by Gasteiger charge is 2.17. The van der Waals surface area contributed by atoms with Crippen LogP contribution in [0.3, 0.4) is 0 Å². The van der Waals surface area contributed by atoms with Crippen molar-refractivity contribution >= 4 is 12.0 Å². The quantitative estimate of drug-likeness (QED) is 0.438. The van der Waals surface area contributed by atoms with E-state index in [-0.39, 0.29) is 22.6 Å². The Balaban J connectivity index is 2.07. The Morgan fingerprint density at radius 1 is 0.875 bits per heavy atom. The predicted molar refractivity (Wildman–Crippen MR) is 91.0 cm³/mol. The van der Waals surface area contributed by atoms with Crippen LogP contribution in [0.25, 0.3) is 22.3 Å². The van der Waals surface area contributed by atoms with Crippen LogP contribution < -0.4 is 0 Å². The van der Waals surface area contributed by atoms with Gasteiger partial charge in [-0.25, -0.2) is 0 Å². The molecule has 5 heteroatoms. The lowest BCUT2D eigenvalue weighted by Gasteiger charge is -2.08. The van der Waals surface area contributed by atoms with Gasteiger partial charge in [0.15, 0.2) is 6.29 Å². The van der Waals surface area contributed by atoms with E-state index in [1.54, 1.807) is 12.1 Å². The van der Waals surface area contributed by atoms with Crippen molar-refractivity contribution < 1.29 is 14.8 Å². The van der Waals surface area contributed by atoms with Gasteiger partial charge in [-0.3, -0.25) is 14.9 Å². The van der Waals surface area contributed by atoms with Gasteiger partial charge in [0, 0.05) is 17.7 Å². The number of hydrogen-bond acceptors (Lipinski definition) is 4. The molecule has 0 bridgehead atoms. The summed E-state index contributed by atoms with van der Waals surface area (Å²) in [5.74, 6) is -0.261. The average molecular weight is 319 g/mol. The van der Waals surface area contributed by atoms with E-state index in [4.69, 9.17) is 0 Å². The van der Waals surface area contributed by atoms with Crippen molar-refractivity contribution in [3.8, 4) is 28.0 Å².